The van der Waals surface area contributed by atoms with Crippen LogP contribution in [0.2, 0.25) is 0 Å². The van der Waals surface area contributed by atoms with Gasteiger partial charge in [0.05, 0.1) is 12.8 Å². The van der Waals surface area contributed by atoms with Crippen molar-refractivity contribution in [3.8, 4) is 0 Å². The third-order valence-corrected chi connectivity index (χ3v) is 5.42. The van der Waals surface area contributed by atoms with Crippen LogP contribution in [-0.4, -0.2) is 43.4 Å². The summed E-state index contributed by atoms with van der Waals surface area (Å²) in [6.07, 6.45) is 1.14. The Labute approximate surface area is 149 Å². The van der Waals surface area contributed by atoms with Crippen molar-refractivity contribution < 1.29 is 13.2 Å². The average molecular weight is 360 g/mol. The Morgan fingerprint density at radius 3 is 2.04 bits per heavy atom. The molecule has 0 saturated heterocycles. The van der Waals surface area contributed by atoms with Gasteiger partial charge < -0.3 is 4.90 Å². The molecule has 0 spiro atoms. The smallest absolute Gasteiger partial charge is 0.237 e. The molecular weight excluding hydrogens is 336 g/mol. The van der Waals surface area contributed by atoms with Crippen molar-refractivity contribution in [3.05, 3.63) is 71.8 Å². The fourth-order valence-corrected chi connectivity index (χ4v) is 3.68. The number of likely N-dealkylation sites (N-methyl/N-ethyl adjacent to an activating group) is 1. The van der Waals surface area contributed by atoms with Gasteiger partial charge in [-0.1, -0.05) is 60.7 Å². The van der Waals surface area contributed by atoms with Crippen LogP contribution in [0, 0.1) is 0 Å². The summed E-state index contributed by atoms with van der Waals surface area (Å²) in [4.78, 5) is 14.1. The number of sulfonamides is 1. The van der Waals surface area contributed by atoms with Gasteiger partial charge in [0.15, 0.2) is 0 Å². The summed E-state index contributed by atoms with van der Waals surface area (Å²) in [5.74, 6) is -0.239. The van der Waals surface area contributed by atoms with E-state index >= 15 is 0 Å². The van der Waals surface area contributed by atoms with Gasteiger partial charge in [-0.05, 0) is 18.1 Å². The summed E-state index contributed by atoms with van der Waals surface area (Å²) < 4.78 is 25.7. The molecule has 2 rings (SSSR count). The molecule has 0 aromatic heterocycles. The monoisotopic (exact) mass is 360 g/mol. The topological polar surface area (TPSA) is 57.7 Å². The average Bonchev–Trinajstić information content (AvgIpc) is 2.59. The molecule has 0 saturated carbocycles. The number of amides is 1. The molecule has 2 aromatic rings. The Balaban J connectivity index is 2.13. The largest absolute Gasteiger partial charge is 0.340 e. The van der Waals surface area contributed by atoms with Crippen LogP contribution in [0.4, 0.5) is 0 Å². The second-order valence-electron chi connectivity index (χ2n) is 6.13. The lowest BCUT2D eigenvalue weighted by Crippen LogP contribution is -2.42. The molecule has 1 amide bonds. The Kier molecular flexibility index (Phi) is 6.33. The van der Waals surface area contributed by atoms with Crippen molar-refractivity contribution >= 4 is 15.9 Å². The fraction of sp³-hybridized carbons (Fsp3) is 0.316. The summed E-state index contributed by atoms with van der Waals surface area (Å²) in [6.45, 7) is 2.05. The van der Waals surface area contributed by atoms with Gasteiger partial charge in [0.25, 0.3) is 0 Å². The maximum atomic E-state index is 12.6. The number of rotatable bonds is 7. The Morgan fingerprint density at radius 1 is 1.00 bits per heavy atom. The van der Waals surface area contributed by atoms with Crippen molar-refractivity contribution in [2.75, 3.05) is 19.8 Å². The Bertz CT molecular complexity index is 792. The lowest BCUT2D eigenvalue weighted by atomic mass is 10.1. The highest BCUT2D eigenvalue weighted by molar-refractivity contribution is 7.88. The summed E-state index contributed by atoms with van der Waals surface area (Å²) in [7, 11) is -1.84. The lowest BCUT2D eigenvalue weighted by molar-refractivity contribution is -0.130. The summed E-state index contributed by atoms with van der Waals surface area (Å²) in [5.41, 5.74) is 1.85. The van der Waals surface area contributed by atoms with E-state index in [2.05, 4.69) is 0 Å². The van der Waals surface area contributed by atoms with Gasteiger partial charge in [0.2, 0.25) is 15.9 Å². The summed E-state index contributed by atoms with van der Waals surface area (Å²) in [5, 5.41) is 0. The van der Waals surface area contributed by atoms with Crippen molar-refractivity contribution in [2.24, 2.45) is 0 Å². The van der Waals surface area contributed by atoms with Crippen molar-refractivity contribution in [1.29, 1.82) is 0 Å². The first-order valence-corrected chi connectivity index (χ1v) is 9.93. The van der Waals surface area contributed by atoms with Crippen molar-refractivity contribution in [1.82, 2.24) is 9.21 Å². The maximum Gasteiger partial charge on any atom is 0.237 e. The van der Waals surface area contributed by atoms with Gasteiger partial charge in [-0.3, -0.25) is 4.79 Å². The van der Waals surface area contributed by atoms with Gasteiger partial charge in [0, 0.05) is 19.6 Å². The Morgan fingerprint density at radius 2 is 1.52 bits per heavy atom. The quantitative estimate of drug-likeness (QED) is 0.763. The minimum atomic E-state index is -3.53. The highest BCUT2D eigenvalue weighted by atomic mass is 32.2. The number of benzene rings is 2. The maximum absolute atomic E-state index is 12.6. The van der Waals surface area contributed by atoms with Crippen LogP contribution >= 0.6 is 0 Å². The first-order valence-electron chi connectivity index (χ1n) is 8.08. The molecule has 0 heterocycles. The predicted octanol–water partition coefficient (Wildman–Crippen LogP) is 2.67. The van der Waals surface area contributed by atoms with E-state index in [9.17, 15) is 13.2 Å². The highest BCUT2D eigenvalue weighted by Gasteiger charge is 2.28. The SMILES string of the molecule is CC(c1ccccc1)N(CC(=O)N(C)Cc1ccccc1)S(C)(=O)=O. The molecule has 1 unspecified atom stereocenters. The van der Waals surface area contributed by atoms with E-state index in [0.717, 1.165) is 17.4 Å². The van der Waals surface area contributed by atoms with E-state index in [0.29, 0.717) is 6.54 Å². The van der Waals surface area contributed by atoms with Crippen LogP contribution in [0.25, 0.3) is 0 Å². The molecule has 1 atom stereocenters. The minimum Gasteiger partial charge on any atom is -0.340 e. The molecule has 0 bridgehead atoms. The first-order chi connectivity index (χ1) is 11.8. The van der Waals surface area contributed by atoms with Crippen molar-refractivity contribution in [2.45, 2.75) is 19.5 Å². The van der Waals surface area contributed by atoms with Gasteiger partial charge in [-0.2, -0.15) is 4.31 Å². The molecule has 0 radical (unpaired) electrons. The minimum absolute atomic E-state index is 0.182. The zero-order chi connectivity index (χ0) is 18.4. The fourth-order valence-electron chi connectivity index (χ4n) is 2.64. The Hall–Kier alpha value is -2.18. The number of hydrogen-bond donors (Lipinski definition) is 0. The zero-order valence-corrected chi connectivity index (χ0v) is 15.6. The van der Waals surface area contributed by atoms with E-state index in [1.54, 1.807) is 18.9 Å². The normalized spacial score (nSPS) is 12.8. The van der Waals surface area contributed by atoms with Gasteiger partial charge in [0.1, 0.15) is 0 Å². The van der Waals surface area contributed by atoms with E-state index in [-0.39, 0.29) is 12.5 Å². The highest BCUT2D eigenvalue weighted by Crippen LogP contribution is 2.22. The lowest BCUT2D eigenvalue weighted by Gasteiger charge is -2.28. The van der Waals surface area contributed by atoms with Crippen LogP contribution < -0.4 is 0 Å². The number of hydrogen-bond acceptors (Lipinski definition) is 3. The molecule has 134 valence electrons. The molecule has 0 fully saturated rings. The molecule has 0 aliphatic rings. The van der Waals surface area contributed by atoms with Gasteiger partial charge >= 0.3 is 0 Å². The van der Waals surface area contributed by atoms with E-state index < -0.39 is 16.1 Å². The summed E-state index contributed by atoms with van der Waals surface area (Å²) in [6, 6.07) is 18.5. The third-order valence-electron chi connectivity index (χ3n) is 4.12. The van der Waals surface area contributed by atoms with Crippen LogP contribution in [0.5, 0.6) is 0 Å². The molecule has 5 nitrogen and oxygen atoms in total. The standard InChI is InChI=1S/C19H24N2O3S/c1-16(18-12-8-5-9-13-18)21(25(3,23)24)15-19(22)20(2)14-17-10-6-4-7-11-17/h4-13,16H,14-15H2,1-3H3. The van der Waals surface area contributed by atoms with Crippen LogP contribution in [-0.2, 0) is 21.4 Å². The third kappa shape index (κ3) is 5.41. The molecule has 0 N–H and O–H groups in total. The van der Waals surface area contributed by atoms with Crippen molar-refractivity contribution in [3.63, 3.8) is 0 Å². The predicted molar refractivity (Wildman–Crippen MR) is 99.3 cm³/mol. The van der Waals surface area contributed by atoms with E-state index in [1.807, 2.05) is 60.7 Å². The number of nitrogens with zero attached hydrogens (tertiary/aromatic N) is 2. The molecule has 0 aliphatic heterocycles. The molecule has 6 heteroatoms. The molecule has 2 aromatic carbocycles. The second kappa shape index (κ2) is 8.27. The van der Waals surface area contributed by atoms with Gasteiger partial charge in [-0.15, -0.1) is 0 Å². The number of carbonyl (C=O) groups is 1. The van der Waals surface area contributed by atoms with Gasteiger partial charge in [-0.25, -0.2) is 8.42 Å². The van der Waals surface area contributed by atoms with Crippen LogP contribution in [0.3, 0.4) is 0 Å². The van der Waals surface area contributed by atoms with E-state index in [1.165, 1.54) is 4.31 Å². The number of carbonyl (C=O) groups excluding carboxylic acids is 1. The zero-order valence-electron chi connectivity index (χ0n) is 14.8. The molecule has 25 heavy (non-hydrogen) atoms. The first kappa shape index (κ1) is 19.1. The summed E-state index contributed by atoms with van der Waals surface area (Å²) >= 11 is 0. The van der Waals surface area contributed by atoms with E-state index in [4.69, 9.17) is 0 Å². The molecular formula is C19H24N2O3S. The second-order valence-corrected chi connectivity index (χ2v) is 8.07. The van der Waals surface area contributed by atoms with Crippen LogP contribution in [0.1, 0.15) is 24.1 Å². The molecule has 0 aliphatic carbocycles. The van der Waals surface area contributed by atoms with Crippen LogP contribution in [0.15, 0.2) is 60.7 Å².